The van der Waals surface area contributed by atoms with E-state index in [2.05, 4.69) is 32.6 Å². The predicted molar refractivity (Wildman–Crippen MR) is 56.0 cm³/mol. The first-order valence-electron chi connectivity index (χ1n) is 5.52. The van der Waals surface area contributed by atoms with E-state index in [1.807, 2.05) is 0 Å². The molecule has 1 aliphatic heterocycles. The summed E-state index contributed by atoms with van der Waals surface area (Å²) in [6.07, 6.45) is 2.52. The fourth-order valence-electron chi connectivity index (χ4n) is 2.40. The van der Waals surface area contributed by atoms with Gasteiger partial charge in [0.05, 0.1) is 13.2 Å². The Morgan fingerprint density at radius 3 is 2.62 bits per heavy atom. The summed E-state index contributed by atoms with van der Waals surface area (Å²) in [5.41, 5.74) is 0. The van der Waals surface area contributed by atoms with Gasteiger partial charge >= 0.3 is 0 Å². The van der Waals surface area contributed by atoms with E-state index in [0.717, 1.165) is 13.2 Å². The summed E-state index contributed by atoms with van der Waals surface area (Å²) in [6, 6.07) is 1.88. The molecule has 0 aromatic heterocycles. The Morgan fingerprint density at radius 2 is 2.08 bits per heavy atom. The minimum Gasteiger partial charge on any atom is -0.378 e. The molecular weight excluding hydrogens is 162 g/mol. The van der Waals surface area contributed by atoms with Gasteiger partial charge in [-0.3, -0.25) is 4.90 Å². The number of rotatable bonds is 3. The smallest absolute Gasteiger partial charge is 0.0622 e. The van der Waals surface area contributed by atoms with Crippen molar-refractivity contribution in [2.24, 2.45) is 0 Å². The molecule has 2 heteroatoms. The lowest BCUT2D eigenvalue weighted by molar-refractivity contribution is -0.0604. The van der Waals surface area contributed by atoms with Crippen molar-refractivity contribution in [2.45, 2.75) is 58.7 Å². The maximum Gasteiger partial charge on any atom is 0.0622 e. The van der Waals surface area contributed by atoms with Crippen LogP contribution in [0.15, 0.2) is 0 Å². The van der Waals surface area contributed by atoms with Crippen LogP contribution in [0.25, 0.3) is 0 Å². The number of ether oxygens (including phenoxy) is 1. The molecule has 2 atom stereocenters. The zero-order valence-electron chi connectivity index (χ0n) is 9.42. The highest BCUT2D eigenvalue weighted by atomic mass is 16.5. The van der Waals surface area contributed by atoms with E-state index < -0.39 is 0 Å². The van der Waals surface area contributed by atoms with Gasteiger partial charge in [0.2, 0.25) is 0 Å². The molecule has 2 unspecified atom stereocenters. The fraction of sp³-hybridized carbons (Fsp3) is 1.00. The van der Waals surface area contributed by atoms with E-state index in [9.17, 15) is 0 Å². The molecule has 78 valence electrons. The first-order chi connectivity index (χ1) is 6.16. The van der Waals surface area contributed by atoms with Crippen molar-refractivity contribution in [3.8, 4) is 0 Å². The summed E-state index contributed by atoms with van der Waals surface area (Å²) in [6.45, 7) is 10.9. The van der Waals surface area contributed by atoms with E-state index in [4.69, 9.17) is 4.74 Å². The van der Waals surface area contributed by atoms with Crippen LogP contribution in [-0.2, 0) is 4.74 Å². The lowest BCUT2D eigenvalue weighted by Crippen LogP contribution is -2.53. The van der Waals surface area contributed by atoms with Crippen LogP contribution < -0.4 is 0 Å². The maximum atomic E-state index is 5.59. The average Bonchev–Trinajstić information content (AvgIpc) is 2.04. The summed E-state index contributed by atoms with van der Waals surface area (Å²) < 4.78 is 5.59. The van der Waals surface area contributed by atoms with Crippen molar-refractivity contribution in [3.05, 3.63) is 0 Å². The Labute approximate surface area is 82.3 Å². The van der Waals surface area contributed by atoms with Crippen molar-refractivity contribution >= 4 is 0 Å². The summed E-state index contributed by atoms with van der Waals surface area (Å²) in [4.78, 5) is 2.60. The normalized spacial score (nSPS) is 31.2. The van der Waals surface area contributed by atoms with Crippen molar-refractivity contribution in [3.63, 3.8) is 0 Å². The van der Waals surface area contributed by atoms with Gasteiger partial charge < -0.3 is 4.74 Å². The van der Waals surface area contributed by atoms with E-state index >= 15 is 0 Å². The Kier molecular flexibility index (Phi) is 4.20. The topological polar surface area (TPSA) is 12.5 Å². The Hall–Kier alpha value is -0.0800. The third-order valence-corrected chi connectivity index (χ3v) is 2.82. The van der Waals surface area contributed by atoms with E-state index in [-0.39, 0.29) is 0 Å². The molecule has 0 spiro atoms. The van der Waals surface area contributed by atoms with Crippen molar-refractivity contribution in [1.82, 2.24) is 4.90 Å². The highest BCUT2D eigenvalue weighted by Gasteiger charge is 2.29. The molecule has 0 aliphatic carbocycles. The molecule has 0 saturated carbocycles. The molecule has 0 amide bonds. The van der Waals surface area contributed by atoms with E-state index in [1.54, 1.807) is 0 Å². The summed E-state index contributed by atoms with van der Waals surface area (Å²) in [7, 11) is 0. The Bertz CT molecular complexity index is 145. The van der Waals surface area contributed by atoms with Crippen LogP contribution in [0.1, 0.15) is 40.5 Å². The molecule has 1 aliphatic rings. The molecule has 13 heavy (non-hydrogen) atoms. The monoisotopic (exact) mass is 185 g/mol. The van der Waals surface area contributed by atoms with Crippen LogP contribution in [-0.4, -0.2) is 36.2 Å². The standard InChI is InChI=1S/C11H23NO/c1-5-6-11-8-13-7-10(4)12(11)9(2)3/h9-11H,5-8H2,1-4H3. The molecule has 1 fully saturated rings. The molecule has 0 radical (unpaired) electrons. The van der Waals surface area contributed by atoms with Crippen LogP contribution in [0.5, 0.6) is 0 Å². The molecule has 0 N–H and O–H groups in total. The third-order valence-electron chi connectivity index (χ3n) is 2.82. The van der Waals surface area contributed by atoms with Gasteiger partial charge in [-0.25, -0.2) is 0 Å². The fourth-order valence-corrected chi connectivity index (χ4v) is 2.40. The van der Waals surface area contributed by atoms with Crippen LogP contribution in [0.3, 0.4) is 0 Å². The minimum atomic E-state index is 0.588. The van der Waals surface area contributed by atoms with Gasteiger partial charge in [0.25, 0.3) is 0 Å². The molecule has 1 heterocycles. The van der Waals surface area contributed by atoms with E-state index in [1.165, 1.54) is 12.8 Å². The molecule has 1 rings (SSSR count). The quantitative estimate of drug-likeness (QED) is 0.669. The first kappa shape index (κ1) is 11.0. The van der Waals surface area contributed by atoms with Crippen molar-refractivity contribution in [1.29, 1.82) is 0 Å². The summed E-state index contributed by atoms with van der Waals surface area (Å²) in [5, 5.41) is 0. The highest BCUT2D eigenvalue weighted by Crippen LogP contribution is 2.19. The first-order valence-corrected chi connectivity index (χ1v) is 5.52. The van der Waals surface area contributed by atoms with Gasteiger partial charge in [-0.2, -0.15) is 0 Å². The van der Waals surface area contributed by atoms with Gasteiger partial charge in [0, 0.05) is 18.1 Å². The zero-order chi connectivity index (χ0) is 9.84. The molecular formula is C11H23NO. The third kappa shape index (κ3) is 2.68. The maximum absolute atomic E-state index is 5.59. The number of hydrogen-bond acceptors (Lipinski definition) is 2. The van der Waals surface area contributed by atoms with Gasteiger partial charge in [0.15, 0.2) is 0 Å². The summed E-state index contributed by atoms with van der Waals surface area (Å²) >= 11 is 0. The highest BCUT2D eigenvalue weighted by molar-refractivity contribution is 4.82. The molecule has 2 nitrogen and oxygen atoms in total. The van der Waals surface area contributed by atoms with Gasteiger partial charge in [-0.15, -0.1) is 0 Å². The predicted octanol–water partition coefficient (Wildman–Crippen LogP) is 2.28. The SMILES string of the molecule is CCCC1COCC(C)N1C(C)C. The zero-order valence-corrected chi connectivity index (χ0v) is 9.42. The molecule has 1 saturated heterocycles. The van der Waals surface area contributed by atoms with Gasteiger partial charge in [-0.05, 0) is 27.2 Å². The summed E-state index contributed by atoms with van der Waals surface area (Å²) in [5.74, 6) is 0. The second kappa shape index (κ2) is 4.97. The Balaban J connectivity index is 2.57. The number of nitrogens with zero attached hydrogens (tertiary/aromatic N) is 1. The van der Waals surface area contributed by atoms with Gasteiger partial charge in [-0.1, -0.05) is 13.3 Å². The molecule has 0 aromatic rings. The number of hydrogen-bond donors (Lipinski definition) is 0. The molecule has 0 aromatic carbocycles. The second-order valence-electron chi connectivity index (χ2n) is 4.37. The Morgan fingerprint density at radius 1 is 1.38 bits per heavy atom. The lowest BCUT2D eigenvalue weighted by atomic mass is 10.0. The van der Waals surface area contributed by atoms with Crippen LogP contribution in [0.2, 0.25) is 0 Å². The van der Waals surface area contributed by atoms with Crippen LogP contribution in [0.4, 0.5) is 0 Å². The lowest BCUT2D eigenvalue weighted by Gasteiger charge is -2.43. The minimum absolute atomic E-state index is 0.588. The largest absolute Gasteiger partial charge is 0.378 e. The molecule has 0 bridgehead atoms. The van der Waals surface area contributed by atoms with Crippen LogP contribution in [0, 0.1) is 0 Å². The van der Waals surface area contributed by atoms with Gasteiger partial charge in [0.1, 0.15) is 0 Å². The average molecular weight is 185 g/mol. The van der Waals surface area contributed by atoms with Crippen molar-refractivity contribution in [2.75, 3.05) is 13.2 Å². The second-order valence-corrected chi connectivity index (χ2v) is 4.37. The van der Waals surface area contributed by atoms with Crippen molar-refractivity contribution < 1.29 is 4.74 Å². The van der Waals surface area contributed by atoms with Crippen LogP contribution >= 0.6 is 0 Å². The van der Waals surface area contributed by atoms with E-state index in [0.29, 0.717) is 18.1 Å². The number of morpholine rings is 1.